The summed E-state index contributed by atoms with van der Waals surface area (Å²) in [6.45, 7) is 1.87. The zero-order valence-electron chi connectivity index (χ0n) is 18.6. The smallest absolute Gasteiger partial charge is 0.419 e. The van der Waals surface area contributed by atoms with E-state index < -0.39 is 59.0 Å². The van der Waals surface area contributed by atoms with Crippen LogP contribution in [-0.2, 0) is 15.7 Å². The lowest BCUT2D eigenvalue weighted by molar-refractivity contribution is -0.272. The Morgan fingerprint density at radius 2 is 1.83 bits per heavy atom. The fraction of sp³-hybridized carbons (Fsp3) is 0.409. The standard InChI is InChI=1S/C22H21F6N3O4/c1-10-15(12-5-4-6-13(16(12)34-3)21(23,24)25)17(35-20(10,2)22(26,27)28)19(33)31-11-7-8-30-14(9-11)18(29)32/h4-10,15,17H,1-3H3,(H2,29,32)(H,30,31,33)/t10-,15-,17-,20-/m1/s1. The average Bonchev–Trinajstić information content (AvgIpc) is 3.04. The van der Waals surface area contributed by atoms with E-state index in [2.05, 4.69) is 10.3 Å². The summed E-state index contributed by atoms with van der Waals surface area (Å²) in [4.78, 5) is 28.2. The van der Waals surface area contributed by atoms with Crippen LogP contribution in [0, 0.1) is 5.92 Å². The number of benzene rings is 1. The van der Waals surface area contributed by atoms with Gasteiger partial charge >= 0.3 is 12.4 Å². The number of halogens is 6. The van der Waals surface area contributed by atoms with Crippen LogP contribution in [0.25, 0.3) is 0 Å². The third kappa shape index (κ3) is 4.77. The maximum absolute atomic E-state index is 14.0. The molecule has 7 nitrogen and oxygen atoms in total. The average molecular weight is 505 g/mol. The van der Waals surface area contributed by atoms with Crippen molar-refractivity contribution in [2.45, 2.75) is 43.8 Å². The molecule has 0 bridgehead atoms. The summed E-state index contributed by atoms with van der Waals surface area (Å²) in [5.41, 5.74) is 0.564. The van der Waals surface area contributed by atoms with Crippen molar-refractivity contribution in [2.24, 2.45) is 11.7 Å². The molecule has 0 aliphatic carbocycles. The van der Waals surface area contributed by atoms with Crippen LogP contribution in [0.1, 0.15) is 41.4 Å². The van der Waals surface area contributed by atoms with Crippen LogP contribution in [0.2, 0.25) is 0 Å². The number of nitrogens with one attached hydrogen (secondary N) is 1. The van der Waals surface area contributed by atoms with Gasteiger partial charge in [0.1, 0.15) is 17.5 Å². The van der Waals surface area contributed by atoms with E-state index in [1.165, 1.54) is 12.1 Å². The molecular weight excluding hydrogens is 484 g/mol. The van der Waals surface area contributed by atoms with Crippen LogP contribution in [-0.4, -0.2) is 41.8 Å². The highest BCUT2D eigenvalue weighted by molar-refractivity contribution is 5.97. The molecule has 2 aromatic rings. The predicted octanol–water partition coefficient (Wildman–Crippen LogP) is 4.29. The first-order valence-electron chi connectivity index (χ1n) is 10.2. The number of methoxy groups -OCH3 is 1. The van der Waals surface area contributed by atoms with Gasteiger partial charge in [-0.1, -0.05) is 19.1 Å². The Morgan fingerprint density at radius 3 is 2.37 bits per heavy atom. The quantitative estimate of drug-likeness (QED) is 0.591. The van der Waals surface area contributed by atoms with Gasteiger partial charge in [-0.15, -0.1) is 0 Å². The molecule has 190 valence electrons. The lowest BCUT2D eigenvalue weighted by Gasteiger charge is -2.32. The van der Waals surface area contributed by atoms with Gasteiger partial charge in [0.25, 0.3) is 11.8 Å². The Bertz CT molecular complexity index is 1140. The number of ether oxygens (including phenoxy) is 2. The summed E-state index contributed by atoms with van der Waals surface area (Å²) in [5.74, 6) is -5.66. The van der Waals surface area contributed by atoms with Crippen molar-refractivity contribution in [3.05, 3.63) is 53.3 Å². The number of hydrogen-bond donors (Lipinski definition) is 2. The van der Waals surface area contributed by atoms with Gasteiger partial charge in [0, 0.05) is 29.3 Å². The number of nitrogens with zero attached hydrogens (tertiary/aromatic N) is 1. The fourth-order valence-electron chi connectivity index (χ4n) is 4.15. The summed E-state index contributed by atoms with van der Waals surface area (Å²) in [5, 5.41) is 2.33. The zero-order valence-corrected chi connectivity index (χ0v) is 18.6. The lowest BCUT2D eigenvalue weighted by Crippen LogP contribution is -2.47. The fourth-order valence-corrected chi connectivity index (χ4v) is 4.15. The Kier molecular flexibility index (Phi) is 6.77. The van der Waals surface area contributed by atoms with Gasteiger partial charge in [-0.05, 0) is 25.1 Å². The molecule has 13 heteroatoms. The van der Waals surface area contributed by atoms with Crippen LogP contribution in [0.15, 0.2) is 36.5 Å². The Balaban J connectivity index is 2.11. The summed E-state index contributed by atoms with van der Waals surface area (Å²) in [6, 6.07) is 5.27. The van der Waals surface area contributed by atoms with Crippen molar-refractivity contribution < 1.29 is 45.4 Å². The molecule has 1 aliphatic heterocycles. The minimum Gasteiger partial charge on any atom is -0.496 e. The van der Waals surface area contributed by atoms with Gasteiger partial charge in [-0.25, -0.2) is 0 Å². The van der Waals surface area contributed by atoms with Gasteiger partial charge in [-0.3, -0.25) is 14.6 Å². The highest BCUT2D eigenvalue weighted by Crippen LogP contribution is 2.55. The first kappa shape index (κ1) is 26.3. The molecule has 4 atom stereocenters. The maximum atomic E-state index is 14.0. The molecule has 0 spiro atoms. The largest absolute Gasteiger partial charge is 0.496 e. The number of carbonyl (C=O) groups is 2. The van der Waals surface area contributed by atoms with Gasteiger partial charge in [0.05, 0.1) is 12.7 Å². The van der Waals surface area contributed by atoms with Crippen LogP contribution in [0.3, 0.4) is 0 Å². The van der Waals surface area contributed by atoms with Crippen LogP contribution < -0.4 is 15.8 Å². The maximum Gasteiger partial charge on any atom is 0.419 e. The molecule has 3 N–H and O–H groups in total. The van der Waals surface area contributed by atoms with E-state index in [-0.39, 0.29) is 16.9 Å². The second-order valence-corrected chi connectivity index (χ2v) is 8.17. The second-order valence-electron chi connectivity index (χ2n) is 8.17. The van der Waals surface area contributed by atoms with Crippen molar-refractivity contribution in [1.29, 1.82) is 0 Å². The Hall–Kier alpha value is -3.35. The number of primary amides is 1. The molecular formula is C22H21F6N3O4. The molecule has 3 rings (SSSR count). The Morgan fingerprint density at radius 1 is 1.17 bits per heavy atom. The van der Waals surface area contributed by atoms with E-state index in [1.54, 1.807) is 0 Å². The van der Waals surface area contributed by atoms with E-state index >= 15 is 0 Å². The third-order valence-corrected chi connectivity index (χ3v) is 6.12. The van der Waals surface area contributed by atoms with Crippen LogP contribution in [0.5, 0.6) is 5.75 Å². The molecule has 0 saturated carbocycles. The van der Waals surface area contributed by atoms with Gasteiger partial charge in [-0.2, -0.15) is 26.3 Å². The minimum atomic E-state index is -4.95. The van der Waals surface area contributed by atoms with Gasteiger partial charge < -0.3 is 20.5 Å². The first-order chi connectivity index (χ1) is 16.1. The number of carbonyl (C=O) groups excluding carboxylic acids is 2. The SMILES string of the molecule is COc1c([C@H]2[C@@H](C)[C@](C)(C(F)(F)F)O[C@H]2C(=O)Nc2ccnc(C(N)=O)c2)cccc1C(F)(F)F. The van der Waals surface area contributed by atoms with Crippen molar-refractivity contribution >= 4 is 17.5 Å². The number of hydrogen-bond acceptors (Lipinski definition) is 5. The van der Waals surface area contributed by atoms with Gasteiger partial charge in [0.2, 0.25) is 0 Å². The predicted molar refractivity (Wildman–Crippen MR) is 111 cm³/mol. The number of alkyl halides is 6. The van der Waals surface area contributed by atoms with E-state index in [0.29, 0.717) is 0 Å². The van der Waals surface area contributed by atoms with E-state index in [1.807, 2.05) is 0 Å². The molecule has 1 fully saturated rings. The zero-order chi connectivity index (χ0) is 26.3. The van der Waals surface area contributed by atoms with E-state index in [4.69, 9.17) is 15.2 Å². The molecule has 1 aromatic heterocycles. The van der Waals surface area contributed by atoms with Crippen molar-refractivity contribution in [1.82, 2.24) is 4.98 Å². The summed E-state index contributed by atoms with van der Waals surface area (Å²) in [7, 11) is 0.953. The number of nitrogens with two attached hydrogens (primary N) is 1. The molecule has 2 amide bonds. The molecule has 1 aliphatic rings. The third-order valence-electron chi connectivity index (χ3n) is 6.12. The summed E-state index contributed by atoms with van der Waals surface area (Å²) >= 11 is 0. The molecule has 35 heavy (non-hydrogen) atoms. The highest BCUT2D eigenvalue weighted by Gasteiger charge is 2.66. The van der Waals surface area contributed by atoms with Crippen molar-refractivity contribution in [3.63, 3.8) is 0 Å². The van der Waals surface area contributed by atoms with E-state index in [9.17, 15) is 35.9 Å². The number of rotatable bonds is 5. The number of anilines is 1. The molecule has 0 radical (unpaired) electrons. The molecule has 1 aromatic carbocycles. The second kappa shape index (κ2) is 9.02. The number of para-hydroxylation sites is 1. The lowest BCUT2D eigenvalue weighted by atomic mass is 9.76. The summed E-state index contributed by atoms with van der Waals surface area (Å²) < 4.78 is 93.0. The van der Waals surface area contributed by atoms with Crippen molar-refractivity contribution in [3.8, 4) is 5.75 Å². The van der Waals surface area contributed by atoms with E-state index in [0.717, 1.165) is 45.4 Å². The minimum absolute atomic E-state index is 0.0228. The van der Waals surface area contributed by atoms with Crippen LogP contribution >= 0.6 is 0 Å². The highest BCUT2D eigenvalue weighted by atomic mass is 19.4. The first-order valence-corrected chi connectivity index (χ1v) is 10.2. The van der Waals surface area contributed by atoms with Crippen molar-refractivity contribution in [2.75, 3.05) is 12.4 Å². The topological polar surface area (TPSA) is 104 Å². The number of amides is 2. The molecule has 0 unspecified atom stereocenters. The van der Waals surface area contributed by atoms with Gasteiger partial charge in [0.15, 0.2) is 5.60 Å². The van der Waals surface area contributed by atoms with Crippen LogP contribution in [0.4, 0.5) is 32.0 Å². The summed E-state index contributed by atoms with van der Waals surface area (Å²) in [6.07, 6.45) is -10.5. The number of pyridine rings is 1. The number of aromatic nitrogens is 1. The normalized spacial score (nSPS) is 24.8. The molecule has 1 saturated heterocycles. The molecule has 2 heterocycles. The Labute approximate surface area is 195 Å². The monoisotopic (exact) mass is 505 g/mol.